The van der Waals surface area contributed by atoms with Gasteiger partial charge in [0.2, 0.25) is 0 Å². The van der Waals surface area contributed by atoms with Crippen molar-refractivity contribution < 1.29 is 14.7 Å². The maximum atomic E-state index is 12.4. The van der Waals surface area contributed by atoms with Crippen molar-refractivity contribution in [2.75, 3.05) is 20.1 Å². The van der Waals surface area contributed by atoms with Crippen molar-refractivity contribution in [3.63, 3.8) is 0 Å². The molecule has 5 heteroatoms. The number of hydrogen-bond donors (Lipinski definition) is 1. The van der Waals surface area contributed by atoms with Gasteiger partial charge in [0.05, 0.1) is 5.92 Å². The zero-order valence-corrected chi connectivity index (χ0v) is 12.6. The van der Waals surface area contributed by atoms with Crippen LogP contribution in [0.25, 0.3) is 0 Å². The lowest BCUT2D eigenvalue weighted by Gasteiger charge is -2.39. The van der Waals surface area contributed by atoms with Crippen LogP contribution in [-0.4, -0.2) is 53.1 Å². The molecule has 1 heterocycles. The number of amides is 2. The molecule has 5 nitrogen and oxygen atoms in total. The summed E-state index contributed by atoms with van der Waals surface area (Å²) < 4.78 is 0. The van der Waals surface area contributed by atoms with Crippen LogP contribution >= 0.6 is 0 Å². The van der Waals surface area contributed by atoms with Crippen LogP contribution in [0, 0.1) is 17.8 Å². The van der Waals surface area contributed by atoms with E-state index in [1.165, 1.54) is 0 Å². The Kier molecular flexibility index (Phi) is 5.20. The third kappa shape index (κ3) is 3.61. The summed E-state index contributed by atoms with van der Waals surface area (Å²) in [5.41, 5.74) is 0. The van der Waals surface area contributed by atoms with E-state index in [-0.39, 0.29) is 23.9 Å². The number of aliphatic carboxylic acids is 1. The molecule has 0 aliphatic carbocycles. The average molecular weight is 270 g/mol. The Balaban J connectivity index is 2.63. The molecule has 0 radical (unpaired) electrons. The SMILES string of the molecule is CC(C)C(C)N(C)C(=O)N1CCC(C(=O)O)C(C)C1. The van der Waals surface area contributed by atoms with Crippen LogP contribution in [0.3, 0.4) is 0 Å². The van der Waals surface area contributed by atoms with E-state index >= 15 is 0 Å². The van der Waals surface area contributed by atoms with Gasteiger partial charge in [-0.05, 0) is 25.2 Å². The van der Waals surface area contributed by atoms with Gasteiger partial charge in [0.25, 0.3) is 0 Å². The third-order valence-corrected chi connectivity index (χ3v) is 4.37. The first kappa shape index (κ1) is 15.8. The van der Waals surface area contributed by atoms with Crippen molar-refractivity contribution >= 4 is 12.0 Å². The molecule has 1 rings (SSSR count). The predicted octanol–water partition coefficient (Wildman–Crippen LogP) is 2.13. The number of urea groups is 1. The smallest absolute Gasteiger partial charge is 0.319 e. The first-order valence-electron chi connectivity index (χ1n) is 7.00. The van der Waals surface area contributed by atoms with Gasteiger partial charge in [-0.2, -0.15) is 0 Å². The van der Waals surface area contributed by atoms with Gasteiger partial charge in [0, 0.05) is 26.2 Å². The quantitative estimate of drug-likeness (QED) is 0.854. The minimum absolute atomic E-state index is 0.0110. The number of hydrogen-bond acceptors (Lipinski definition) is 2. The van der Waals surface area contributed by atoms with Gasteiger partial charge in [-0.25, -0.2) is 4.79 Å². The highest BCUT2D eigenvalue weighted by Gasteiger charge is 2.34. The number of carboxylic acid groups (broad SMARTS) is 1. The van der Waals surface area contributed by atoms with Crippen LogP contribution in [0.1, 0.15) is 34.1 Å². The number of piperidine rings is 1. The Bertz CT molecular complexity index is 344. The summed E-state index contributed by atoms with van der Waals surface area (Å²) in [6.07, 6.45) is 0.548. The van der Waals surface area contributed by atoms with Crippen LogP contribution in [-0.2, 0) is 4.79 Å². The fourth-order valence-electron chi connectivity index (χ4n) is 2.53. The molecule has 0 bridgehead atoms. The Morgan fingerprint density at radius 3 is 2.32 bits per heavy atom. The lowest BCUT2D eigenvalue weighted by molar-refractivity contribution is -0.145. The first-order valence-corrected chi connectivity index (χ1v) is 7.00. The maximum Gasteiger partial charge on any atom is 0.319 e. The number of rotatable bonds is 3. The van der Waals surface area contributed by atoms with E-state index in [2.05, 4.69) is 13.8 Å². The molecule has 1 saturated heterocycles. The number of nitrogens with zero attached hydrogens (tertiary/aromatic N) is 2. The highest BCUT2D eigenvalue weighted by Crippen LogP contribution is 2.24. The molecular formula is C14H26N2O3. The summed E-state index contributed by atoms with van der Waals surface area (Å²) in [5, 5.41) is 9.09. The van der Waals surface area contributed by atoms with E-state index in [4.69, 9.17) is 5.11 Å². The highest BCUT2D eigenvalue weighted by atomic mass is 16.4. The van der Waals surface area contributed by atoms with Gasteiger partial charge in [-0.15, -0.1) is 0 Å². The molecule has 3 atom stereocenters. The van der Waals surface area contributed by atoms with Crippen molar-refractivity contribution in [1.29, 1.82) is 0 Å². The van der Waals surface area contributed by atoms with E-state index in [9.17, 15) is 9.59 Å². The van der Waals surface area contributed by atoms with Crippen molar-refractivity contribution in [3.8, 4) is 0 Å². The Hall–Kier alpha value is -1.26. The molecule has 110 valence electrons. The van der Waals surface area contributed by atoms with E-state index in [0.29, 0.717) is 25.4 Å². The van der Waals surface area contributed by atoms with Crippen LogP contribution in [0.2, 0.25) is 0 Å². The molecule has 1 fully saturated rings. The second kappa shape index (κ2) is 6.26. The van der Waals surface area contributed by atoms with Gasteiger partial charge in [0.1, 0.15) is 0 Å². The summed E-state index contributed by atoms with van der Waals surface area (Å²) in [7, 11) is 1.82. The Morgan fingerprint density at radius 1 is 1.32 bits per heavy atom. The molecular weight excluding hydrogens is 244 g/mol. The zero-order chi connectivity index (χ0) is 14.7. The third-order valence-electron chi connectivity index (χ3n) is 4.37. The lowest BCUT2D eigenvalue weighted by Crippen LogP contribution is -2.52. The molecule has 0 aromatic rings. The normalized spacial score (nSPS) is 25.3. The van der Waals surface area contributed by atoms with Crippen LogP contribution in [0.15, 0.2) is 0 Å². The number of carboxylic acids is 1. The lowest BCUT2D eigenvalue weighted by atomic mass is 9.87. The van der Waals surface area contributed by atoms with Gasteiger partial charge in [-0.1, -0.05) is 20.8 Å². The summed E-state index contributed by atoms with van der Waals surface area (Å²) in [5.74, 6) is -0.652. The highest BCUT2D eigenvalue weighted by molar-refractivity contribution is 5.75. The van der Waals surface area contributed by atoms with E-state index in [0.717, 1.165) is 0 Å². The largest absolute Gasteiger partial charge is 0.481 e. The first-order chi connectivity index (χ1) is 8.75. The van der Waals surface area contributed by atoms with Crippen LogP contribution in [0.5, 0.6) is 0 Å². The topological polar surface area (TPSA) is 60.9 Å². The second-order valence-electron chi connectivity index (χ2n) is 6.03. The van der Waals surface area contributed by atoms with Crippen molar-refractivity contribution in [1.82, 2.24) is 9.80 Å². The summed E-state index contributed by atoms with van der Waals surface area (Å²) >= 11 is 0. The zero-order valence-electron chi connectivity index (χ0n) is 12.6. The standard InChI is InChI=1S/C14H26N2O3/c1-9(2)11(4)15(5)14(19)16-7-6-12(13(17)18)10(3)8-16/h9-12H,6-8H2,1-5H3,(H,17,18). The molecule has 1 aliphatic rings. The van der Waals surface area contributed by atoms with Gasteiger partial charge < -0.3 is 14.9 Å². The minimum Gasteiger partial charge on any atom is -0.481 e. The number of carbonyl (C=O) groups excluding carboxylic acids is 1. The molecule has 1 aliphatic heterocycles. The molecule has 2 amide bonds. The van der Waals surface area contributed by atoms with E-state index < -0.39 is 5.97 Å². The van der Waals surface area contributed by atoms with Gasteiger partial charge >= 0.3 is 12.0 Å². The van der Waals surface area contributed by atoms with Crippen LogP contribution in [0.4, 0.5) is 4.79 Å². The van der Waals surface area contributed by atoms with Crippen molar-refractivity contribution in [3.05, 3.63) is 0 Å². The molecule has 0 aromatic carbocycles. The fourth-order valence-corrected chi connectivity index (χ4v) is 2.53. The van der Waals surface area contributed by atoms with E-state index in [1.54, 1.807) is 9.80 Å². The summed E-state index contributed by atoms with van der Waals surface area (Å²) in [6.45, 7) is 9.20. The second-order valence-corrected chi connectivity index (χ2v) is 6.03. The average Bonchev–Trinajstić information content (AvgIpc) is 2.35. The monoisotopic (exact) mass is 270 g/mol. The van der Waals surface area contributed by atoms with Crippen LogP contribution < -0.4 is 0 Å². The maximum absolute atomic E-state index is 12.4. The van der Waals surface area contributed by atoms with Crippen molar-refractivity contribution in [2.24, 2.45) is 17.8 Å². The molecule has 0 aromatic heterocycles. The molecule has 1 N–H and O–H groups in total. The molecule has 0 saturated carbocycles. The predicted molar refractivity (Wildman–Crippen MR) is 73.9 cm³/mol. The number of carbonyl (C=O) groups is 2. The van der Waals surface area contributed by atoms with Gasteiger partial charge in [0.15, 0.2) is 0 Å². The van der Waals surface area contributed by atoms with E-state index in [1.807, 2.05) is 20.9 Å². The minimum atomic E-state index is -0.747. The van der Waals surface area contributed by atoms with Gasteiger partial charge in [-0.3, -0.25) is 4.79 Å². The Morgan fingerprint density at radius 2 is 1.89 bits per heavy atom. The molecule has 19 heavy (non-hydrogen) atoms. The van der Waals surface area contributed by atoms with Crippen molar-refractivity contribution in [2.45, 2.75) is 40.2 Å². The molecule has 3 unspecified atom stereocenters. The fraction of sp³-hybridized carbons (Fsp3) is 0.857. The summed E-state index contributed by atoms with van der Waals surface area (Å²) in [4.78, 5) is 27.0. The Labute approximate surface area is 115 Å². The summed E-state index contributed by atoms with van der Waals surface area (Å²) in [6, 6.07) is 0.192. The molecule has 0 spiro atoms. The number of likely N-dealkylation sites (tertiary alicyclic amines) is 1.